The van der Waals surface area contributed by atoms with Crippen LogP contribution in [0.2, 0.25) is 0 Å². The van der Waals surface area contributed by atoms with Crippen molar-refractivity contribution in [3.05, 3.63) is 0 Å². The molecule has 0 N–H and O–H groups in total. The van der Waals surface area contributed by atoms with Crippen LogP contribution < -0.4 is 0 Å². The molecular weight excluding hydrogens is 236 g/mol. The lowest BCUT2D eigenvalue weighted by atomic mass is 9.72. The zero-order valence-electron chi connectivity index (χ0n) is 10.5. The number of carbonyl (C=O) groups is 1. The second-order valence-corrected chi connectivity index (χ2v) is 5.78. The minimum Gasteiger partial charge on any atom is -0.461 e. The molecule has 0 aromatic heterocycles. The molecule has 2 saturated carbocycles. The lowest BCUT2D eigenvalue weighted by molar-refractivity contribution is -0.152. The van der Waals surface area contributed by atoms with E-state index in [1.807, 2.05) is 0 Å². The van der Waals surface area contributed by atoms with E-state index in [0.29, 0.717) is 5.92 Å². The van der Waals surface area contributed by atoms with Crippen molar-refractivity contribution in [3.8, 4) is 0 Å². The Morgan fingerprint density at radius 2 is 1.65 bits per heavy atom. The molecule has 0 aliphatic heterocycles. The Labute approximate surface area is 109 Å². The summed E-state index contributed by atoms with van der Waals surface area (Å²) in [6.07, 6.45) is 11.7. The van der Waals surface area contributed by atoms with E-state index in [2.05, 4.69) is 0 Å². The molecular formula is C14H23ClO2. The molecule has 2 aliphatic carbocycles. The normalized spacial score (nSPS) is 31.1. The molecule has 2 aliphatic rings. The van der Waals surface area contributed by atoms with Crippen LogP contribution in [0.1, 0.15) is 57.8 Å². The van der Waals surface area contributed by atoms with Gasteiger partial charge in [-0.1, -0.05) is 38.5 Å². The minimum atomic E-state index is -0.237. The molecule has 2 unspecified atom stereocenters. The van der Waals surface area contributed by atoms with E-state index >= 15 is 0 Å². The molecule has 0 saturated heterocycles. The topological polar surface area (TPSA) is 26.3 Å². The van der Waals surface area contributed by atoms with E-state index in [1.54, 1.807) is 0 Å². The summed E-state index contributed by atoms with van der Waals surface area (Å²) in [5.41, 5.74) is 0. The first-order valence-corrected chi connectivity index (χ1v) is 7.60. The third-order valence-corrected chi connectivity index (χ3v) is 4.62. The van der Waals surface area contributed by atoms with Gasteiger partial charge in [0.15, 0.2) is 0 Å². The van der Waals surface area contributed by atoms with Gasteiger partial charge in [0.2, 0.25) is 0 Å². The molecule has 0 spiro atoms. The third-order valence-electron chi connectivity index (χ3n) is 4.40. The Morgan fingerprint density at radius 3 is 2.35 bits per heavy atom. The van der Waals surface area contributed by atoms with E-state index < -0.39 is 0 Å². The summed E-state index contributed by atoms with van der Waals surface area (Å²) in [6, 6.07) is 0. The SMILES string of the molecule is O=C(CCl)OC1CCCCC1C1CCCCC1. The van der Waals surface area contributed by atoms with Gasteiger partial charge in [0.1, 0.15) is 12.0 Å². The van der Waals surface area contributed by atoms with E-state index in [9.17, 15) is 4.79 Å². The molecule has 0 aromatic rings. The van der Waals surface area contributed by atoms with Crippen molar-refractivity contribution in [2.45, 2.75) is 63.9 Å². The first kappa shape index (κ1) is 13.2. The highest BCUT2D eigenvalue weighted by atomic mass is 35.5. The van der Waals surface area contributed by atoms with Crippen LogP contribution in [-0.4, -0.2) is 18.0 Å². The van der Waals surface area contributed by atoms with Crippen molar-refractivity contribution in [2.75, 3.05) is 5.88 Å². The molecule has 0 amide bonds. The maximum Gasteiger partial charge on any atom is 0.321 e. The number of alkyl halides is 1. The van der Waals surface area contributed by atoms with Crippen LogP contribution in [0.25, 0.3) is 0 Å². The van der Waals surface area contributed by atoms with Crippen LogP contribution >= 0.6 is 11.6 Å². The van der Waals surface area contributed by atoms with Crippen LogP contribution in [0, 0.1) is 11.8 Å². The lowest BCUT2D eigenvalue weighted by Crippen LogP contribution is -2.36. The fraction of sp³-hybridized carbons (Fsp3) is 0.929. The molecule has 17 heavy (non-hydrogen) atoms. The number of ether oxygens (including phenoxy) is 1. The number of halogens is 1. The highest BCUT2D eigenvalue weighted by Crippen LogP contribution is 2.39. The van der Waals surface area contributed by atoms with Gasteiger partial charge >= 0.3 is 5.97 Å². The highest BCUT2D eigenvalue weighted by molar-refractivity contribution is 6.26. The number of esters is 1. The van der Waals surface area contributed by atoms with Gasteiger partial charge in [-0.25, -0.2) is 0 Å². The molecule has 2 nitrogen and oxygen atoms in total. The van der Waals surface area contributed by atoms with Gasteiger partial charge in [0, 0.05) is 0 Å². The third kappa shape index (κ3) is 3.61. The predicted octanol–water partition coefficient (Wildman–Crippen LogP) is 3.91. The zero-order chi connectivity index (χ0) is 12.1. The Bertz CT molecular complexity index is 249. The average Bonchev–Trinajstić information content (AvgIpc) is 2.40. The first-order valence-electron chi connectivity index (χ1n) is 7.06. The first-order chi connectivity index (χ1) is 8.31. The largest absolute Gasteiger partial charge is 0.461 e. The van der Waals surface area contributed by atoms with Gasteiger partial charge in [-0.3, -0.25) is 4.79 Å². The summed E-state index contributed by atoms with van der Waals surface area (Å²) in [5, 5.41) is 0. The van der Waals surface area contributed by atoms with Crippen molar-refractivity contribution in [1.29, 1.82) is 0 Å². The van der Waals surface area contributed by atoms with Gasteiger partial charge in [-0.15, -0.1) is 11.6 Å². The molecule has 3 heteroatoms. The van der Waals surface area contributed by atoms with Gasteiger partial charge in [0.25, 0.3) is 0 Å². The molecule has 0 radical (unpaired) electrons. The predicted molar refractivity (Wildman–Crippen MR) is 69.1 cm³/mol. The smallest absolute Gasteiger partial charge is 0.321 e. The lowest BCUT2D eigenvalue weighted by Gasteiger charge is -2.38. The van der Waals surface area contributed by atoms with Crippen molar-refractivity contribution >= 4 is 17.6 Å². The highest BCUT2D eigenvalue weighted by Gasteiger charge is 2.34. The summed E-state index contributed by atoms with van der Waals surface area (Å²) >= 11 is 5.53. The zero-order valence-corrected chi connectivity index (χ0v) is 11.3. The molecule has 2 rings (SSSR count). The number of hydrogen-bond acceptors (Lipinski definition) is 2. The van der Waals surface area contributed by atoms with Crippen LogP contribution in [0.5, 0.6) is 0 Å². The summed E-state index contributed by atoms with van der Waals surface area (Å²) in [4.78, 5) is 11.4. The second kappa shape index (κ2) is 6.63. The van der Waals surface area contributed by atoms with Gasteiger partial charge in [-0.05, 0) is 31.1 Å². The van der Waals surface area contributed by atoms with Crippen molar-refractivity contribution < 1.29 is 9.53 Å². The Kier molecular flexibility index (Phi) is 5.15. The van der Waals surface area contributed by atoms with Gasteiger partial charge in [0.05, 0.1) is 0 Å². The van der Waals surface area contributed by atoms with Crippen LogP contribution in [0.15, 0.2) is 0 Å². The minimum absolute atomic E-state index is 0.00606. The molecule has 0 bridgehead atoms. The standard InChI is InChI=1S/C14H23ClO2/c15-10-14(16)17-13-9-5-4-8-12(13)11-6-2-1-3-7-11/h11-13H,1-10H2. The average molecular weight is 259 g/mol. The second-order valence-electron chi connectivity index (χ2n) is 5.51. The molecule has 0 heterocycles. The fourth-order valence-corrected chi connectivity index (χ4v) is 3.64. The monoisotopic (exact) mass is 258 g/mol. The maximum atomic E-state index is 11.4. The van der Waals surface area contributed by atoms with Crippen molar-refractivity contribution in [3.63, 3.8) is 0 Å². The summed E-state index contributed by atoms with van der Waals surface area (Å²) in [5.74, 6) is 1.15. The van der Waals surface area contributed by atoms with Gasteiger partial charge < -0.3 is 4.74 Å². The summed E-state index contributed by atoms with van der Waals surface area (Å²) in [6.45, 7) is 0. The van der Waals surface area contributed by atoms with Crippen LogP contribution in [0.4, 0.5) is 0 Å². The van der Waals surface area contributed by atoms with Crippen LogP contribution in [-0.2, 0) is 9.53 Å². The summed E-state index contributed by atoms with van der Waals surface area (Å²) in [7, 11) is 0. The van der Waals surface area contributed by atoms with E-state index in [4.69, 9.17) is 16.3 Å². The molecule has 2 fully saturated rings. The van der Waals surface area contributed by atoms with Crippen LogP contribution in [0.3, 0.4) is 0 Å². The number of rotatable bonds is 3. The maximum absolute atomic E-state index is 11.4. The van der Waals surface area contributed by atoms with Crippen molar-refractivity contribution in [1.82, 2.24) is 0 Å². The molecule has 2 atom stereocenters. The number of hydrogen-bond donors (Lipinski definition) is 0. The van der Waals surface area contributed by atoms with E-state index in [-0.39, 0.29) is 18.0 Å². The Morgan fingerprint density at radius 1 is 1.00 bits per heavy atom. The van der Waals surface area contributed by atoms with E-state index in [0.717, 1.165) is 12.3 Å². The molecule has 0 aromatic carbocycles. The fourth-order valence-electron chi connectivity index (χ4n) is 3.57. The van der Waals surface area contributed by atoms with Crippen molar-refractivity contribution in [2.24, 2.45) is 11.8 Å². The van der Waals surface area contributed by atoms with E-state index in [1.165, 1.54) is 51.4 Å². The number of carbonyl (C=O) groups excluding carboxylic acids is 1. The summed E-state index contributed by atoms with van der Waals surface area (Å²) < 4.78 is 5.54. The molecule has 98 valence electrons. The Hall–Kier alpha value is -0.240. The Balaban J connectivity index is 1.93. The quantitative estimate of drug-likeness (QED) is 0.567. The van der Waals surface area contributed by atoms with Gasteiger partial charge in [-0.2, -0.15) is 0 Å².